The number of carbonyl (C=O) groups is 1. The Morgan fingerprint density at radius 3 is 2.43 bits per heavy atom. The first-order valence-corrected chi connectivity index (χ1v) is 8.88. The number of nitrogens with one attached hydrogen (secondary N) is 1. The molecule has 1 saturated heterocycles. The Kier molecular flexibility index (Phi) is 4.96. The number of nitrogens with zero attached hydrogens (tertiary/aromatic N) is 6. The van der Waals surface area contributed by atoms with E-state index in [2.05, 4.69) is 35.1 Å². The van der Waals surface area contributed by atoms with E-state index in [0.717, 1.165) is 37.9 Å². The smallest absolute Gasteiger partial charge is 0.335 e. The van der Waals surface area contributed by atoms with Crippen molar-refractivity contribution in [3.8, 4) is 0 Å². The summed E-state index contributed by atoms with van der Waals surface area (Å²) >= 11 is 0. The molecule has 3 heterocycles. The number of anilines is 4. The maximum absolute atomic E-state index is 11.1. The second-order valence-electron chi connectivity index (χ2n) is 6.30. The average Bonchev–Trinajstić information content (AvgIpc) is 2.75. The number of rotatable bonds is 5. The van der Waals surface area contributed by atoms with Crippen molar-refractivity contribution >= 4 is 29.2 Å². The van der Waals surface area contributed by atoms with Crippen LogP contribution in [0.25, 0.3) is 0 Å². The average molecular weight is 377 g/mol. The van der Waals surface area contributed by atoms with E-state index in [9.17, 15) is 4.79 Å². The van der Waals surface area contributed by atoms with E-state index < -0.39 is 5.97 Å². The molecule has 0 atom stereocenters. The van der Waals surface area contributed by atoms with Crippen LogP contribution in [0.5, 0.6) is 0 Å². The minimum Gasteiger partial charge on any atom is -0.478 e. The van der Waals surface area contributed by atoms with Crippen molar-refractivity contribution < 1.29 is 9.90 Å². The first kappa shape index (κ1) is 17.7. The summed E-state index contributed by atoms with van der Waals surface area (Å²) in [6, 6.07) is 10.3. The number of carboxylic acid groups (broad SMARTS) is 1. The highest BCUT2D eigenvalue weighted by molar-refractivity contribution is 5.89. The van der Waals surface area contributed by atoms with Crippen molar-refractivity contribution in [3.63, 3.8) is 0 Å². The summed E-state index contributed by atoms with van der Waals surface area (Å²) < 4.78 is 0. The maximum Gasteiger partial charge on any atom is 0.335 e. The molecule has 1 aliphatic heterocycles. The third kappa shape index (κ3) is 3.98. The Balaban J connectivity index is 1.43. The van der Waals surface area contributed by atoms with Crippen LogP contribution in [0.1, 0.15) is 10.4 Å². The second-order valence-corrected chi connectivity index (χ2v) is 6.30. The molecule has 4 rings (SSSR count). The monoisotopic (exact) mass is 377 g/mol. The van der Waals surface area contributed by atoms with Crippen LogP contribution < -0.4 is 15.1 Å². The SMILES string of the molecule is O=C(O)c1cccc(Nc2cc(N3CCN(c4ncccn4)CC3)ncn2)c1. The highest BCUT2D eigenvalue weighted by Crippen LogP contribution is 2.21. The Hall–Kier alpha value is -3.75. The first-order chi connectivity index (χ1) is 13.7. The molecule has 1 fully saturated rings. The van der Waals surface area contributed by atoms with Gasteiger partial charge in [0.1, 0.15) is 18.0 Å². The predicted molar refractivity (Wildman–Crippen MR) is 105 cm³/mol. The van der Waals surface area contributed by atoms with Gasteiger partial charge in [-0.1, -0.05) is 6.07 Å². The van der Waals surface area contributed by atoms with Crippen LogP contribution in [0, 0.1) is 0 Å². The summed E-state index contributed by atoms with van der Waals surface area (Å²) in [6.45, 7) is 3.20. The van der Waals surface area contributed by atoms with Crippen molar-refractivity contribution in [2.45, 2.75) is 0 Å². The molecule has 2 N–H and O–H groups in total. The minimum atomic E-state index is -0.965. The van der Waals surface area contributed by atoms with Crippen LogP contribution in [-0.2, 0) is 0 Å². The van der Waals surface area contributed by atoms with Gasteiger partial charge in [0.05, 0.1) is 5.56 Å². The third-order valence-corrected chi connectivity index (χ3v) is 4.47. The summed E-state index contributed by atoms with van der Waals surface area (Å²) in [5, 5.41) is 12.3. The third-order valence-electron chi connectivity index (χ3n) is 4.47. The van der Waals surface area contributed by atoms with Gasteiger partial charge < -0.3 is 20.2 Å². The van der Waals surface area contributed by atoms with Gasteiger partial charge in [-0.25, -0.2) is 24.7 Å². The fraction of sp³-hybridized carbons (Fsp3) is 0.211. The molecule has 0 unspecified atom stereocenters. The van der Waals surface area contributed by atoms with E-state index in [-0.39, 0.29) is 5.56 Å². The molecule has 9 nitrogen and oxygen atoms in total. The molecule has 9 heteroatoms. The van der Waals surface area contributed by atoms with Crippen molar-refractivity contribution in [2.75, 3.05) is 41.3 Å². The van der Waals surface area contributed by atoms with Crippen LogP contribution in [0.15, 0.2) is 55.1 Å². The van der Waals surface area contributed by atoms with Crippen molar-refractivity contribution in [1.29, 1.82) is 0 Å². The highest BCUT2D eigenvalue weighted by Gasteiger charge is 2.20. The molecule has 28 heavy (non-hydrogen) atoms. The lowest BCUT2D eigenvalue weighted by Crippen LogP contribution is -2.47. The Morgan fingerprint density at radius 1 is 0.929 bits per heavy atom. The summed E-state index contributed by atoms with van der Waals surface area (Å²) in [4.78, 5) is 32.7. The lowest BCUT2D eigenvalue weighted by atomic mass is 10.2. The van der Waals surface area contributed by atoms with Gasteiger partial charge in [-0.05, 0) is 24.3 Å². The Labute approximate surface area is 161 Å². The summed E-state index contributed by atoms with van der Waals surface area (Å²) in [6.07, 6.45) is 5.00. The number of piperazine rings is 1. The van der Waals surface area contributed by atoms with Gasteiger partial charge in [0, 0.05) is 50.3 Å². The van der Waals surface area contributed by atoms with Crippen molar-refractivity contribution in [3.05, 3.63) is 60.7 Å². The normalized spacial score (nSPS) is 14.0. The van der Waals surface area contributed by atoms with Crippen LogP contribution in [0.3, 0.4) is 0 Å². The molecule has 0 radical (unpaired) electrons. The standard InChI is InChI=1S/C19H19N7O2/c27-18(28)14-3-1-4-15(11-14)24-16-12-17(23-13-22-16)25-7-9-26(10-8-25)19-20-5-2-6-21-19/h1-6,11-13H,7-10H2,(H,27,28)(H,22,23,24). The molecule has 2 aromatic heterocycles. The molecule has 1 aromatic carbocycles. The van der Waals surface area contributed by atoms with Crippen LogP contribution in [0.4, 0.5) is 23.3 Å². The minimum absolute atomic E-state index is 0.221. The van der Waals surface area contributed by atoms with E-state index >= 15 is 0 Å². The van der Waals surface area contributed by atoms with Gasteiger partial charge in [-0.2, -0.15) is 0 Å². The molecule has 0 bridgehead atoms. The van der Waals surface area contributed by atoms with Crippen LogP contribution in [0.2, 0.25) is 0 Å². The van der Waals surface area contributed by atoms with E-state index in [0.29, 0.717) is 11.5 Å². The molecule has 142 valence electrons. The topological polar surface area (TPSA) is 107 Å². The number of benzene rings is 1. The van der Waals surface area contributed by atoms with Gasteiger partial charge in [0.15, 0.2) is 0 Å². The fourth-order valence-corrected chi connectivity index (χ4v) is 3.06. The van der Waals surface area contributed by atoms with E-state index in [1.54, 1.807) is 42.7 Å². The summed E-state index contributed by atoms with van der Waals surface area (Å²) in [7, 11) is 0. The van der Waals surface area contributed by atoms with Crippen LogP contribution in [-0.4, -0.2) is 57.2 Å². The largest absolute Gasteiger partial charge is 0.478 e. The van der Waals surface area contributed by atoms with E-state index in [4.69, 9.17) is 5.11 Å². The number of carboxylic acids is 1. The van der Waals surface area contributed by atoms with Gasteiger partial charge in [0.25, 0.3) is 0 Å². The Bertz CT molecular complexity index is 959. The van der Waals surface area contributed by atoms with Crippen LogP contribution >= 0.6 is 0 Å². The molecule has 1 aliphatic rings. The molecular weight excluding hydrogens is 358 g/mol. The first-order valence-electron chi connectivity index (χ1n) is 8.88. The Morgan fingerprint density at radius 2 is 1.68 bits per heavy atom. The van der Waals surface area contributed by atoms with E-state index in [1.165, 1.54) is 6.33 Å². The molecule has 0 amide bonds. The predicted octanol–water partition coefficient (Wildman–Crippen LogP) is 2.03. The quantitative estimate of drug-likeness (QED) is 0.690. The lowest BCUT2D eigenvalue weighted by molar-refractivity contribution is 0.0697. The second kappa shape index (κ2) is 7.87. The highest BCUT2D eigenvalue weighted by atomic mass is 16.4. The number of aromatic carboxylic acids is 1. The number of aromatic nitrogens is 4. The van der Waals surface area contributed by atoms with Crippen molar-refractivity contribution in [2.24, 2.45) is 0 Å². The van der Waals surface area contributed by atoms with Gasteiger partial charge in [-0.15, -0.1) is 0 Å². The fourth-order valence-electron chi connectivity index (χ4n) is 3.06. The number of hydrogen-bond acceptors (Lipinski definition) is 8. The molecule has 3 aromatic rings. The van der Waals surface area contributed by atoms with Gasteiger partial charge >= 0.3 is 5.97 Å². The maximum atomic E-state index is 11.1. The molecule has 0 saturated carbocycles. The zero-order chi connectivity index (χ0) is 19.3. The van der Waals surface area contributed by atoms with Gasteiger partial charge in [-0.3, -0.25) is 0 Å². The zero-order valence-electron chi connectivity index (χ0n) is 15.1. The lowest BCUT2D eigenvalue weighted by Gasteiger charge is -2.35. The summed E-state index contributed by atoms with van der Waals surface area (Å²) in [5.41, 5.74) is 0.883. The zero-order valence-corrected chi connectivity index (χ0v) is 15.1. The number of hydrogen-bond donors (Lipinski definition) is 2. The molecule has 0 aliphatic carbocycles. The molecule has 0 spiro atoms. The van der Waals surface area contributed by atoms with Crippen molar-refractivity contribution in [1.82, 2.24) is 19.9 Å². The van der Waals surface area contributed by atoms with E-state index in [1.807, 2.05) is 6.07 Å². The summed E-state index contributed by atoms with van der Waals surface area (Å²) in [5.74, 6) is 1.21. The molecular formula is C19H19N7O2. The van der Waals surface area contributed by atoms with Gasteiger partial charge in [0.2, 0.25) is 5.95 Å².